The third kappa shape index (κ3) is 2.96. The van der Waals surface area contributed by atoms with Crippen LogP contribution in [0.15, 0.2) is 36.7 Å². The molecule has 19 heavy (non-hydrogen) atoms. The Labute approximate surface area is 113 Å². The molecule has 0 spiro atoms. The molecule has 4 heteroatoms. The van der Waals surface area contributed by atoms with Crippen LogP contribution < -0.4 is 5.32 Å². The number of pyridine rings is 2. The Morgan fingerprint density at radius 1 is 1.16 bits per heavy atom. The normalized spacial score (nSPS) is 10.5. The van der Waals surface area contributed by atoms with E-state index in [-0.39, 0.29) is 6.04 Å². The standard InChI is InChI=1S/C15H18N4/c1-10(2)19-15-13(11(3)7-9-18-15)14(16)12-6-4-5-8-17-12/h4-10,16H,1-3H3,(H,18,19). The minimum atomic E-state index is 0.268. The number of aryl methyl sites for hydroxylation is 1. The fraction of sp³-hybridized carbons (Fsp3) is 0.267. The molecule has 0 amide bonds. The molecule has 0 radical (unpaired) electrons. The summed E-state index contributed by atoms with van der Waals surface area (Å²) in [6.45, 7) is 6.09. The maximum atomic E-state index is 8.35. The summed E-state index contributed by atoms with van der Waals surface area (Å²) in [5.74, 6) is 0.741. The summed E-state index contributed by atoms with van der Waals surface area (Å²) in [7, 11) is 0. The van der Waals surface area contributed by atoms with E-state index in [1.165, 1.54) is 0 Å². The number of aromatic nitrogens is 2. The van der Waals surface area contributed by atoms with Crippen molar-refractivity contribution in [2.45, 2.75) is 26.8 Å². The van der Waals surface area contributed by atoms with Gasteiger partial charge in [-0.1, -0.05) is 6.07 Å². The first-order valence-electron chi connectivity index (χ1n) is 6.32. The van der Waals surface area contributed by atoms with E-state index < -0.39 is 0 Å². The van der Waals surface area contributed by atoms with Gasteiger partial charge in [-0.25, -0.2) is 4.98 Å². The van der Waals surface area contributed by atoms with Crippen LogP contribution in [0.25, 0.3) is 0 Å². The lowest BCUT2D eigenvalue weighted by Gasteiger charge is -2.16. The van der Waals surface area contributed by atoms with Crippen LogP contribution in [0.3, 0.4) is 0 Å². The number of nitrogens with one attached hydrogen (secondary N) is 2. The van der Waals surface area contributed by atoms with Crippen molar-refractivity contribution in [3.63, 3.8) is 0 Å². The summed E-state index contributed by atoms with van der Waals surface area (Å²) in [4.78, 5) is 8.58. The van der Waals surface area contributed by atoms with Crippen LogP contribution in [0, 0.1) is 12.3 Å². The minimum Gasteiger partial charge on any atom is -0.367 e. The lowest BCUT2D eigenvalue weighted by Crippen LogP contribution is -2.17. The van der Waals surface area contributed by atoms with Gasteiger partial charge in [-0.15, -0.1) is 0 Å². The van der Waals surface area contributed by atoms with Gasteiger partial charge in [-0.05, 0) is 44.5 Å². The molecule has 0 aliphatic carbocycles. The van der Waals surface area contributed by atoms with E-state index in [0.717, 1.165) is 16.9 Å². The van der Waals surface area contributed by atoms with Gasteiger partial charge in [0.15, 0.2) is 0 Å². The first-order chi connectivity index (χ1) is 9.09. The van der Waals surface area contributed by atoms with Crippen molar-refractivity contribution >= 4 is 11.5 Å². The van der Waals surface area contributed by atoms with Crippen LogP contribution in [0.4, 0.5) is 5.82 Å². The van der Waals surface area contributed by atoms with Crippen molar-refractivity contribution in [1.29, 1.82) is 5.41 Å². The second-order valence-corrected chi connectivity index (χ2v) is 4.74. The second-order valence-electron chi connectivity index (χ2n) is 4.74. The fourth-order valence-electron chi connectivity index (χ4n) is 1.90. The van der Waals surface area contributed by atoms with Gasteiger partial charge in [0, 0.05) is 24.0 Å². The van der Waals surface area contributed by atoms with Crippen LogP contribution >= 0.6 is 0 Å². The maximum Gasteiger partial charge on any atom is 0.135 e. The highest BCUT2D eigenvalue weighted by Crippen LogP contribution is 2.20. The molecule has 2 heterocycles. The molecule has 0 aromatic carbocycles. The molecule has 0 saturated carbocycles. The predicted molar refractivity (Wildman–Crippen MR) is 77.9 cm³/mol. The van der Waals surface area contributed by atoms with Crippen molar-refractivity contribution in [2.75, 3.05) is 5.32 Å². The van der Waals surface area contributed by atoms with Crippen LogP contribution in [0.5, 0.6) is 0 Å². The van der Waals surface area contributed by atoms with Gasteiger partial charge in [0.1, 0.15) is 5.82 Å². The summed E-state index contributed by atoms with van der Waals surface area (Å²) in [5, 5.41) is 11.6. The molecule has 0 unspecified atom stereocenters. The molecule has 2 rings (SSSR count). The zero-order valence-electron chi connectivity index (χ0n) is 11.4. The summed E-state index contributed by atoms with van der Waals surface area (Å²) < 4.78 is 0. The summed E-state index contributed by atoms with van der Waals surface area (Å²) in [5.41, 5.74) is 2.89. The van der Waals surface area contributed by atoms with Gasteiger partial charge in [0.25, 0.3) is 0 Å². The van der Waals surface area contributed by atoms with Crippen LogP contribution in [-0.4, -0.2) is 21.7 Å². The van der Waals surface area contributed by atoms with E-state index >= 15 is 0 Å². The van der Waals surface area contributed by atoms with Crippen LogP contribution in [0.1, 0.15) is 30.7 Å². The van der Waals surface area contributed by atoms with Gasteiger partial charge in [0.05, 0.1) is 11.4 Å². The average Bonchev–Trinajstić information content (AvgIpc) is 2.38. The Morgan fingerprint density at radius 2 is 1.95 bits per heavy atom. The van der Waals surface area contributed by atoms with Crippen molar-refractivity contribution in [1.82, 2.24) is 9.97 Å². The van der Waals surface area contributed by atoms with Gasteiger partial charge >= 0.3 is 0 Å². The summed E-state index contributed by atoms with van der Waals surface area (Å²) in [6.07, 6.45) is 3.46. The number of rotatable bonds is 4. The molecular formula is C15H18N4. The van der Waals surface area contributed by atoms with Crippen LogP contribution in [-0.2, 0) is 0 Å². The van der Waals surface area contributed by atoms with Gasteiger partial charge in [0.2, 0.25) is 0 Å². The molecule has 0 aliphatic rings. The average molecular weight is 254 g/mol. The smallest absolute Gasteiger partial charge is 0.135 e. The highest BCUT2D eigenvalue weighted by Gasteiger charge is 2.15. The molecule has 98 valence electrons. The Hall–Kier alpha value is -2.23. The maximum absolute atomic E-state index is 8.35. The molecular weight excluding hydrogens is 236 g/mol. The second kappa shape index (κ2) is 5.61. The Bertz CT molecular complexity index is 576. The summed E-state index contributed by atoms with van der Waals surface area (Å²) in [6, 6.07) is 7.76. The highest BCUT2D eigenvalue weighted by molar-refractivity contribution is 6.13. The topological polar surface area (TPSA) is 61.7 Å². The zero-order chi connectivity index (χ0) is 13.8. The first kappa shape index (κ1) is 13.2. The van der Waals surface area contributed by atoms with Crippen molar-refractivity contribution in [2.24, 2.45) is 0 Å². The van der Waals surface area contributed by atoms with Crippen molar-refractivity contribution in [3.8, 4) is 0 Å². The fourth-order valence-corrected chi connectivity index (χ4v) is 1.90. The molecule has 0 fully saturated rings. The number of anilines is 1. The molecule has 0 atom stereocenters. The lowest BCUT2D eigenvalue weighted by atomic mass is 10.0. The van der Waals surface area contributed by atoms with E-state index in [4.69, 9.17) is 5.41 Å². The molecule has 0 aliphatic heterocycles. The quantitative estimate of drug-likeness (QED) is 0.824. The van der Waals surface area contributed by atoms with Crippen LogP contribution in [0.2, 0.25) is 0 Å². The van der Waals surface area contributed by atoms with Crippen molar-refractivity contribution < 1.29 is 0 Å². The van der Waals surface area contributed by atoms with E-state index in [9.17, 15) is 0 Å². The van der Waals surface area contributed by atoms with Gasteiger partial charge < -0.3 is 5.32 Å². The predicted octanol–water partition coefficient (Wildman–Crippen LogP) is 3.02. The Morgan fingerprint density at radius 3 is 2.58 bits per heavy atom. The van der Waals surface area contributed by atoms with E-state index in [1.54, 1.807) is 12.4 Å². The van der Waals surface area contributed by atoms with Gasteiger partial charge in [-0.2, -0.15) is 0 Å². The number of hydrogen-bond donors (Lipinski definition) is 2. The first-order valence-corrected chi connectivity index (χ1v) is 6.32. The summed E-state index contributed by atoms with van der Waals surface area (Å²) >= 11 is 0. The van der Waals surface area contributed by atoms with Crippen molar-refractivity contribution in [3.05, 3.63) is 53.5 Å². The monoisotopic (exact) mass is 254 g/mol. The molecule has 2 aromatic rings. The Balaban J connectivity index is 2.46. The number of nitrogens with zero attached hydrogens (tertiary/aromatic N) is 2. The highest BCUT2D eigenvalue weighted by atomic mass is 15.0. The molecule has 4 nitrogen and oxygen atoms in total. The lowest BCUT2D eigenvalue weighted by molar-refractivity contribution is 0.887. The SMILES string of the molecule is Cc1ccnc(NC(C)C)c1C(=N)c1ccccn1. The third-order valence-corrected chi connectivity index (χ3v) is 2.76. The number of hydrogen-bond acceptors (Lipinski definition) is 4. The van der Waals surface area contributed by atoms with E-state index in [1.807, 2.05) is 31.2 Å². The molecule has 2 N–H and O–H groups in total. The minimum absolute atomic E-state index is 0.268. The van der Waals surface area contributed by atoms with Gasteiger partial charge in [-0.3, -0.25) is 10.4 Å². The third-order valence-electron chi connectivity index (χ3n) is 2.76. The molecule has 0 saturated heterocycles. The largest absolute Gasteiger partial charge is 0.367 e. The van der Waals surface area contributed by atoms with E-state index in [0.29, 0.717) is 11.4 Å². The Kier molecular flexibility index (Phi) is 3.90. The zero-order valence-corrected chi connectivity index (χ0v) is 11.4. The molecule has 2 aromatic heterocycles. The molecule has 0 bridgehead atoms. The van der Waals surface area contributed by atoms with E-state index in [2.05, 4.69) is 29.1 Å².